The summed E-state index contributed by atoms with van der Waals surface area (Å²) in [6.45, 7) is 2.81. The van der Waals surface area contributed by atoms with Crippen molar-refractivity contribution in [3.8, 4) is 0 Å². The smallest absolute Gasteiger partial charge is 0.316 e. The molecule has 0 bridgehead atoms. The Morgan fingerprint density at radius 1 is 1.71 bits per heavy atom. The van der Waals surface area contributed by atoms with E-state index in [1.54, 1.807) is 6.92 Å². The number of carbonyl (C=O) groups excluding carboxylic acids is 2. The van der Waals surface area contributed by atoms with Crippen molar-refractivity contribution in [3.05, 3.63) is 0 Å². The molecule has 1 saturated heterocycles. The van der Waals surface area contributed by atoms with E-state index in [1.165, 1.54) is 4.42 Å². The second-order valence-electron chi connectivity index (χ2n) is 3.26. The van der Waals surface area contributed by atoms with Gasteiger partial charge >= 0.3 is 5.97 Å². The molecule has 1 heterocycles. The van der Waals surface area contributed by atoms with Gasteiger partial charge in [0.1, 0.15) is 5.92 Å². The van der Waals surface area contributed by atoms with Crippen molar-refractivity contribution in [2.45, 2.75) is 19.8 Å². The van der Waals surface area contributed by atoms with Crippen molar-refractivity contribution < 1.29 is 14.3 Å². The lowest BCUT2D eigenvalue weighted by molar-refractivity contribution is -0.151. The first-order valence-corrected chi connectivity index (χ1v) is 5.09. The molecular formula is C9H14ClNO3. The van der Waals surface area contributed by atoms with Gasteiger partial charge in [-0.3, -0.25) is 9.59 Å². The summed E-state index contributed by atoms with van der Waals surface area (Å²) in [6.07, 6.45) is 1.29. The van der Waals surface area contributed by atoms with Gasteiger partial charge in [0.15, 0.2) is 5.78 Å². The highest BCUT2D eigenvalue weighted by Crippen LogP contribution is 2.17. The molecule has 0 aliphatic carbocycles. The van der Waals surface area contributed by atoms with E-state index in [0.29, 0.717) is 19.6 Å². The summed E-state index contributed by atoms with van der Waals surface area (Å²) in [5.41, 5.74) is 0. The van der Waals surface area contributed by atoms with Crippen LogP contribution in [0.25, 0.3) is 0 Å². The molecule has 80 valence electrons. The zero-order chi connectivity index (χ0) is 10.6. The van der Waals surface area contributed by atoms with Crippen LogP contribution in [0.1, 0.15) is 19.8 Å². The van der Waals surface area contributed by atoms with E-state index in [1.807, 2.05) is 0 Å². The van der Waals surface area contributed by atoms with Crippen LogP contribution in [0.4, 0.5) is 0 Å². The van der Waals surface area contributed by atoms with Crippen molar-refractivity contribution in [2.75, 3.05) is 19.7 Å². The van der Waals surface area contributed by atoms with Crippen molar-refractivity contribution in [2.24, 2.45) is 5.92 Å². The first-order valence-electron chi connectivity index (χ1n) is 4.75. The summed E-state index contributed by atoms with van der Waals surface area (Å²) in [5, 5.41) is 0. The molecular weight excluding hydrogens is 206 g/mol. The number of Topliss-reactive ketones (excluding diaryl/α,β-unsaturated/α-hetero) is 1. The highest BCUT2D eigenvalue weighted by molar-refractivity contribution is 6.15. The number of hydrogen-bond acceptors (Lipinski definition) is 4. The van der Waals surface area contributed by atoms with E-state index in [9.17, 15) is 9.59 Å². The fourth-order valence-corrected chi connectivity index (χ4v) is 1.72. The number of esters is 1. The second kappa shape index (κ2) is 5.32. The Labute approximate surface area is 88.3 Å². The van der Waals surface area contributed by atoms with Gasteiger partial charge < -0.3 is 4.74 Å². The van der Waals surface area contributed by atoms with E-state index >= 15 is 0 Å². The molecule has 1 unspecified atom stereocenters. The van der Waals surface area contributed by atoms with Crippen molar-refractivity contribution in [1.29, 1.82) is 0 Å². The maximum Gasteiger partial charge on any atom is 0.316 e. The molecule has 0 radical (unpaired) electrons. The number of ether oxygens (including phenoxy) is 1. The van der Waals surface area contributed by atoms with Crippen molar-refractivity contribution in [3.63, 3.8) is 0 Å². The Morgan fingerprint density at radius 3 is 3.07 bits per heavy atom. The standard InChI is InChI=1S/C9H14ClNO3/c1-2-14-9(13)7-4-3-5-11(10)6-8(7)12/h7H,2-6H2,1H3. The molecule has 1 fully saturated rings. The highest BCUT2D eigenvalue weighted by Gasteiger charge is 2.30. The summed E-state index contributed by atoms with van der Waals surface area (Å²) < 4.78 is 6.24. The average Bonchev–Trinajstić information content (AvgIpc) is 2.27. The molecule has 0 N–H and O–H groups in total. The van der Waals surface area contributed by atoms with Crippen LogP contribution in [0.5, 0.6) is 0 Å². The predicted molar refractivity (Wildman–Crippen MR) is 51.8 cm³/mol. The molecule has 1 atom stereocenters. The van der Waals surface area contributed by atoms with Crippen LogP contribution >= 0.6 is 11.8 Å². The fourth-order valence-electron chi connectivity index (χ4n) is 1.48. The number of rotatable bonds is 2. The number of carbonyl (C=O) groups is 2. The van der Waals surface area contributed by atoms with Crippen LogP contribution in [-0.4, -0.2) is 35.9 Å². The zero-order valence-electron chi connectivity index (χ0n) is 8.16. The van der Waals surface area contributed by atoms with Gasteiger partial charge in [-0.2, -0.15) is 0 Å². The average molecular weight is 220 g/mol. The maximum atomic E-state index is 11.5. The summed E-state index contributed by atoms with van der Waals surface area (Å²) in [7, 11) is 0. The molecule has 5 heteroatoms. The summed E-state index contributed by atoms with van der Waals surface area (Å²) in [6, 6.07) is 0. The van der Waals surface area contributed by atoms with Crippen LogP contribution in [-0.2, 0) is 14.3 Å². The van der Waals surface area contributed by atoms with Crippen LogP contribution < -0.4 is 0 Å². The van der Waals surface area contributed by atoms with E-state index in [-0.39, 0.29) is 12.3 Å². The van der Waals surface area contributed by atoms with E-state index in [0.717, 1.165) is 6.42 Å². The summed E-state index contributed by atoms with van der Waals surface area (Å²) in [5.74, 6) is -1.17. The molecule has 0 aromatic carbocycles. The Bertz CT molecular complexity index is 232. The minimum Gasteiger partial charge on any atom is -0.465 e. The van der Waals surface area contributed by atoms with Crippen molar-refractivity contribution in [1.82, 2.24) is 4.42 Å². The molecule has 0 saturated carbocycles. The van der Waals surface area contributed by atoms with Gasteiger partial charge in [0.05, 0.1) is 13.2 Å². The monoisotopic (exact) mass is 219 g/mol. The molecule has 0 amide bonds. The van der Waals surface area contributed by atoms with E-state index in [4.69, 9.17) is 16.5 Å². The molecule has 1 rings (SSSR count). The Morgan fingerprint density at radius 2 is 2.43 bits per heavy atom. The van der Waals surface area contributed by atoms with Gasteiger partial charge in [-0.25, -0.2) is 4.42 Å². The second-order valence-corrected chi connectivity index (χ2v) is 3.74. The normalized spacial score (nSPS) is 24.4. The molecule has 1 aliphatic rings. The van der Waals surface area contributed by atoms with Crippen LogP contribution in [0.15, 0.2) is 0 Å². The predicted octanol–water partition coefficient (Wildman–Crippen LogP) is 0.984. The quantitative estimate of drug-likeness (QED) is 0.395. The summed E-state index contributed by atoms with van der Waals surface area (Å²) in [4.78, 5) is 22.9. The third-order valence-electron chi connectivity index (χ3n) is 2.18. The molecule has 1 aliphatic heterocycles. The first-order chi connectivity index (χ1) is 6.65. The van der Waals surface area contributed by atoms with Gasteiger partial charge in [-0.05, 0) is 31.5 Å². The largest absolute Gasteiger partial charge is 0.465 e. The Hall–Kier alpha value is -0.610. The number of hydrogen-bond donors (Lipinski definition) is 0. The molecule has 4 nitrogen and oxygen atoms in total. The number of ketones is 1. The molecule has 14 heavy (non-hydrogen) atoms. The molecule has 0 aromatic heterocycles. The fraction of sp³-hybridized carbons (Fsp3) is 0.778. The number of nitrogens with zero attached hydrogens (tertiary/aromatic N) is 1. The first kappa shape index (κ1) is 11.5. The van der Waals surface area contributed by atoms with Crippen LogP contribution in [0.3, 0.4) is 0 Å². The van der Waals surface area contributed by atoms with Crippen molar-refractivity contribution >= 4 is 23.5 Å². The third kappa shape index (κ3) is 2.96. The van der Waals surface area contributed by atoms with E-state index in [2.05, 4.69) is 0 Å². The minimum absolute atomic E-state index is 0.130. The topological polar surface area (TPSA) is 46.6 Å². The van der Waals surface area contributed by atoms with Gasteiger partial charge in [0, 0.05) is 6.54 Å². The lowest BCUT2D eigenvalue weighted by Gasteiger charge is -2.11. The molecule has 0 spiro atoms. The van der Waals surface area contributed by atoms with Crippen LogP contribution in [0.2, 0.25) is 0 Å². The highest BCUT2D eigenvalue weighted by atomic mass is 35.5. The number of halogens is 1. The zero-order valence-corrected chi connectivity index (χ0v) is 8.92. The lowest BCUT2D eigenvalue weighted by Crippen LogP contribution is -2.29. The lowest BCUT2D eigenvalue weighted by atomic mass is 10.00. The van der Waals surface area contributed by atoms with Gasteiger partial charge in [-0.1, -0.05) is 0 Å². The Kier molecular flexibility index (Phi) is 4.35. The minimum atomic E-state index is -0.612. The summed E-state index contributed by atoms with van der Waals surface area (Å²) >= 11 is 5.72. The van der Waals surface area contributed by atoms with Gasteiger partial charge in [-0.15, -0.1) is 0 Å². The SMILES string of the molecule is CCOC(=O)C1CCCN(Cl)CC1=O. The van der Waals surface area contributed by atoms with E-state index < -0.39 is 11.9 Å². The Balaban J connectivity index is 2.58. The van der Waals surface area contributed by atoms with Crippen LogP contribution in [0, 0.1) is 5.92 Å². The molecule has 0 aromatic rings. The third-order valence-corrected chi connectivity index (χ3v) is 2.47. The van der Waals surface area contributed by atoms with Gasteiger partial charge in [0.25, 0.3) is 0 Å². The maximum absolute atomic E-state index is 11.5. The van der Waals surface area contributed by atoms with Gasteiger partial charge in [0.2, 0.25) is 0 Å².